The zero-order chi connectivity index (χ0) is 19.5. The SMILES string of the molecule is O=C(CCCN1C(=O)c2ccccc2C1=O)OCc1nc(-c2cccs2)no1. The molecule has 1 aliphatic rings. The van der Waals surface area contributed by atoms with Gasteiger partial charge in [-0.25, -0.2) is 0 Å². The van der Waals surface area contributed by atoms with Crippen molar-refractivity contribution < 1.29 is 23.6 Å². The lowest BCUT2D eigenvalue weighted by Crippen LogP contribution is -2.31. The Labute approximate surface area is 163 Å². The second kappa shape index (κ2) is 7.73. The number of amides is 2. The number of rotatable bonds is 7. The van der Waals surface area contributed by atoms with Gasteiger partial charge in [-0.05, 0) is 30.0 Å². The monoisotopic (exact) mass is 397 g/mol. The molecule has 28 heavy (non-hydrogen) atoms. The van der Waals surface area contributed by atoms with Crippen LogP contribution in [-0.2, 0) is 16.1 Å². The normalized spacial score (nSPS) is 13.1. The van der Waals surface area contributed by atoms with Gasteiger partial charge in [0.25, 0.3) is 17.7 Å². The Bertz CT molecular complexity index is 993. The molecule has 4 rings (SSSR count). The topological polar surface area (TPSA) is 103 Å². The first-order valence-corrected chi connectivity index (χ1v) is 9.49. The first-order valence-electron chi connectivity index (χ1n) is 8.61. The maximum Gasteiger partial charge on any atom is 0.306 e. The summed E-state index contributed by atoms with van der Waals surface area (Å²) in [4.78, 5) is 42.6. The van der Waals surface area contributed by atoms with Crippen molar-refractivity contribution in [2.45, 2.75) is 19.4 Å². The van der Waals surface area contributed by atoms with E-state index in [0.717, 1.165) is 9.78 Å². The van der Waals surface area contributed by atoms with Crippen molar-refractivity contribution in [3.63, 3.8) is 0 Å². The number of carbonyl (C=O) groups is 3. The maximum atomic E-state index is 12.3. The average Bonchev–Trinajstić information content (AvgIpc) is 3.44. The lowest BCUT2D eigenvalue weighted by molar-refractivity contribution is -0.145. The number of ether oxygens (including phenoxy) is 1. The van der Waals surface area contributed by atoms with Crippen molar-refractivity contribution in [3.8, 4) is 10.7 Å². The van der Waals surface area contributed by atoms with Gasteiger partial charge in [-0.3, -0.25) is 19.3 Å². The van der Waals surface area contributed by atoms with Gasteiger partial charge in [-0.1, -0.05) is 23.4 Å². The number of thiophene rings is 1. The van der Waals surface area contributed by atoms with E-state index in [1.165, 1.54) is 11.3 Å². The van der Waals surface area contributed by atoms with Crippen LogP contribution < -0.4 is 0 Å². The molecule has 0 bridgehead atoms. The first kappa shape index (κ1) is 18.1. The molecule has 0 fully saturated rings. The Morgan fingerprint density at radius 2 is 1.86 bits per heavy atom. The standard InChI is InChI=1S/C19H15N3O5S/c23-16(26-11-15-20-17(21-27-15)14-7-4-10-28-14)8-3-9-22-18(24)12-5-1-2-6-13(12)19(22)25/h1-2,4-7,10H,3,8-9,11H2. The smallest absolute Gasteiger partial charge is 0.306 e. The van der Waals surface area contributed by atoms with E-state index < -0.39 is 5.97 Å². The van der Waals surface area contributed by atoms with E-state index in [0.29, 0.717) is 23.4 Å². The Balaban J connectivity index is 1.24. The van der Waals surface area contributed by atoms with Gasteiger partial charge in [0.1, 0.15) is 0 Å². The quantitative estimate of drug-likeness (QED) is 0.446. The van der Waals surface area contributed by atoms with E-state index in [1.807, 2.05) is 17.5 Å². The van der Waals surface area contributed by atoms with Crippen LogP contribution in [0.1, 0.15) is 39.4 Å². The number of aromatic nitrogens is 2. The van der Waals surface area contributed by atoms with Crippen LogP contribution >= 0.6 is 11.3 Å². The van der Waals surface area contributed by atoms with Crippen molar-refractivity contribution in [3.05, 3.63) is 58.8 Å². The fourth-order valence-electron chi connectivity index (χ4n) is 2.86. The summed E-state index contributed by atoms with van der Waals surface area (Å²) in [6.45, 7) is 0.0365. The average molecular weight is 397 g/mol. The summed E-state index contributed by atoms with van der Waals surface area (Å²) in [5.74, 6) is -0.474. The third kappa shape index (κ3) is 3.56. The van der Waals surface area contributed by atoms with Crippen LogP contribution in [0, 0.1) is 0 Å². The second-order valence-electron chi connectivity index (χ2n) is 6.06. The molecule has 0 unspecified atom stereocenters. The summed E-state index contributed by atoms with van der Waals surface area (Å²) in [6.07, 6.45) is 0.383. The van der Waals surface area contributed by atoms with Gasteiger partial charge in [-0.15, -0.1) is 11.3 Å². The molecule has 3 heterocycles. The molecule has 142 valence electrons. The molecule has 0 spiro atoms. The third-order valence-corrected chi connectivity index (χ3v) is 5.07. The van der Waals surface area contributed by atoms with Gasteiger partial charge in [0.05, 0.1) is 16.0 Å². The number of imide groups is 1. The molecule has 1 aliphatic heterocycles. The van der Waals surface area contributed by atoms with Gasteiger partial charge in [-0.2, -0.15) is 4.98 Å². The molecular formula is C19H15N3O5S. The van der Waals surface area contributed by atoms with Gasteiger partial charge in [0, 0.05) is 13.0 Å². The highest BCUT2D eigenvalue weighted by atomic mass is 32.1. The van der Waals surface area contributed by atoms with Crippen LogP contribution in [0.2, 0.25) is 0 Å². The minimum atomic E-state index is -0.465. The number of hydrogen-bond acceptors (Lipinski definition) is 8. The summed E-state index contributed by atoms with van der Waals surface area (Å²) >= 11 is 1.48. The fraction of sp³-hybridized carbons (Fsp3) is 0.211. The Kier molecular flexibility index (Phi) is 4.98. The molecule has 0 N–H and O–H groups in total. The van der Waals surface area contributed by atoms with Crippen LogP contribution in [-0.4, -0.2) is 39.4 Å². The molecule has 2 amide bonds. The molecule has 0 saturated carbocycles. The predicted molar refractivity (Wildman–Crippen MR) is 98.5 cm³/mol. The molecule has 9 heteroatoms. The largest absolute Gasteiger partial charge is 0.456 e. The Hall–Kier alpha value is -3.33. The van der Waals surface area contributed by atoms with Crippen LogP contribution in [0.5, 0.6) is 0 Å². The first-order chi connectivity index (χ1) is 13.6. The van der Waals surface area contributed by atoms with Gasteiger partial charge < -0.3 is 9.26 Å². The number of carbonyl (C=O) groups excluding carboxylic acids is 3. The number of esters is 1. The van der Waals surface area contributed by atoms with Crippen LogP contribution in [0.3, 0.4) is 0 Å². The number of hydrogen-bond donors (Lipinski definition) is 0. The fourth-order valence-corrected chi connectivity index (χ4v) is 3.51. The number of fused-ring (bicyclic) bond motifs is 1. The van der Waals surface area contributed by atoms with Crippen LogP contribution in [0.25, 0.3) is 10.7 Å². The minimum absolute atomic E-state index is 0.0688. The van der Waals surface area contributed by atoms with E-state index in [9.17, 15) is 14.4 Å². The van der Waals surface area contributed by atoms with Crippen molar-refractivity contribution >= 4 is 29.1 Å². The molecular weight excluding hydrogens is 382 g/mol. The highest BCUT2D eigenvalue weighted by molar-refractivity contribution is 7.13. The summed E-state index contributed by atoms with van der Waals surface area (Å²) < 4.78 is 10.2. The molecule has 0 aliphatic carbocycles. The van der Waals surface area contributed by atoms with Crippen molar-refractivity contribution in [1.82, 2.24) is 15.0 Å². The molecule has 8 nitrogen and oxygen atoms in total. The molecule has 1 aromatic carbocycles. The Morgan fingerprint density at radius 3 is 2.54 bits per heavy atom. The van der Waals surface area contributed by atoms with Crippen molar-refractivity contribution in [1.29, 1.82) is 0 Å². The molecule has 3 aromatic rings. The molecule has 0 radical (unpaired) electrons. The lowest BCUT2D eigenvalue weighted by Gasteiger charge is -2.13. The minimum Gasteiger partial charge on any atom is -0.456 e. The van der Waals surface area contributed by atoms with Crippen molar-refractivity contribution in [2.24, 2.45) is 0 Å². The zero-order valence-corrected chi connectivity index (χ0v) is 15.5. The summed E-state index contributed by atoms with van der Waals surface area (Å²) in [5.41, 5.74) is 0.793. The van der Waals surface area contributed by atoms with Crippen LogP contribution in [0.4, 0.5) is 0 Å². The summed E-state index contributed by atoms with van der Waals surface area (Å²) in [7, 11) is 0. The van der Waals surface area contributed by atoms with E-state index in [2.05, 4.69) is 10.1 Å². The highest BCUT2D eigenvalue weighted by Gasteiger charge is 2.34. The molecule has 0 saturated heterocycles. The van der Waals surface area contributed by atoms with Gasteiger partial charge in [0.2, 0.25) is 5.82 Å². The van der Waals surface area contributed by atoms with E-state index >= 15 is 0 Å². The third-order valence-electron chi connectivity index (χ3n) is 4.21. The number of nitrogens with zero attached hydrogens (tertiary/aromatic N) is 3. The molecule has 2 aromatic heterocycles. The predicted octanol–water partition coefficient (Wildman–Crippen LogP) is 2.92. The van der Waals surface area contributed by atoms with E-state index in [4.69, 9.17) is 9.26 Å². The number of benzene rings is 1. The Morgan fingerprint density at radius 1 is 1.11 bits per heavy atom. The summed E-state index contributed by atoms with van der Waals surface area (Å²) in [5, 5.41) is 5.74. The van der Waals surface area contributed by atoms with E-state index in [1.54, 1.807) is 24.3 Å². The summed E-state index contributed by atoms with van der Waals surface area (Å²) in [6, 6.07) is 10.4. The van der Waals surface area contributed by atoms with Gasteiger partial charge >= 0.3 is 5.97 Å². The highest BCUT2D eigenvalue weighted by Crippen LogP contribution is 2.23. The van der Waals surface area contributed by atoms with E-state index in [-0.39, 0.29) is 37.3 Å². The zero-order valence-electron chi connectivity index (χ0n) is 14.7. The van der Waals surface area contributed by atoms with Gasteiger partial charge in [0.15, 0.2) is 6.61 Å². The van der Waals surface area contributed by atoms with Crippen molar-refractivity contribution in [2.75, 3.05) is 6.54 Å². The van der Waals surface area contributed by atoms with Crippen LogP contribution in [0.15, 0.2) is 46.3 Å². The lowest BCUT2D eigenvalue weighted by atomic mass is 10.1. The second-order valence-corrected chi connectivity index (χ2v) is 7.01. The maximum absolute atomic E-state index is 12.3. The molecule has 0 atom stereocenters.